The van der Waals surface area contributed by atoms with Gasteiger partial charge in [-0.05, 0) is 43.7 Å². The number of primary amides is 1. The fourth-order valence-electron chi connectivity index (χ4n) is 2.91. The number of nitrogens with two attached hydrogens (primary N) is 1. The highest BCUT2D eigenvalue weighted by atomic mass is 16.2. The van der Waals surface area contributed by atoms with E-state index in [2.05, 4.69) is 10.3 Å². The highest BCUT2D eigenvalue weighted by Crippen LogP contribution is 2.28. The number of likely N-dealkylation sites (tertiary alicyclic amines) is 1. The molecule has 2 aliphatic rings. The SMILES string of the molecule is NC(=O)c1ccc(C(=O)N2CCCC(C(=O)NCC3CC3)C2)nc1. The molecule has 7 nitrogen and oxygen atoms in total. The maximum Gasteiger partial charge on any atom is 0.272 e. The van der Waals surface area contributed by atoms with Crippen LogP contribution in [0.5, 0.6) is 0 Å². The number of amides is 3. The predicted octanol–water partition coefficient (Wildman–Crippen LogP) is 0.559. The smallest absolute Gasteiger partial charge is 0.272 e. The zero-order valence-electron chi connectivity index (χ0n) is 13.5. The first-order chi connectivity index (χ1) is 11.5. The van der Waals surface area contributed by atoms with Crippen molar-refractivity contribution in [2.24, 2.45) is 17.6 Å². The molecule has 0 aromatic carbocycles. The molecule has 128 valence electrons. The van der Waals surface area contributed by atoms with Crippen molar-refractivity contribution in [2.75, 3.05) is 19.6 Å². The van der Waals surface area contributed by atoms with Crippen LogP contribution in [0.2, 0.25) is 0 Å². The molecule has 3 amide bonds. The molecule has 7 heteroatoms. The lowest BCUT2D eigenvalue weighted by Crippen LogP contribution is -2.46. The number of aromatic nitrogens is 1. The summed E-state index contributed by atoms with van der Waals surface area (Å²) in [5.74, 6) is -0.274. The van der Waals surface area contributed by atoms with Gasteiger partial charge in [0.2, 0.25) is 11.8 Å². The number of hydrogen-bond acceptors (Lipinski definition) is 4. The first kappa shape index (κ1) is 16.4. The van der Waals surface area contributed by atoms with Crippen molar-refractivity contribution >= 4 is 17.7 Å². The Morgan fingerprint density at radius 2 is 2.04 bits per heavy atom. The van der Waals surface area contributed by atoms with Crippen molar-refractivity contribution in [1.29, 1.82) is 0 Å². The fraction of sp³-hybridized carbons (Fsp3) is 0.529. The molecule has 1 aliphatic carbocycles. The van der Waals surface area contributed by atoms with Crippen LogP contribution in [0.25, 0.3) is 0 Å². The van der Waals surface area contributed by atoms with E-state index in [0.717, 1.165) is 19.4 Å². The number of carbonyl (C=O) groups is 3. The molecule has 1 saturated heterocycles. The van der Waals surface area contributed by atoms with Crippen molar-refractivity contribution in [1.82, 2.24) is 15.2 Å². The van der Waals surface area contributed by atoms with Gasteiger partial charge in [0, 0.05) is 25.8 Å². The lowest BCUT2D eigenvalue weighted by atomic mass is 9.96. The standard InChI is InChI=1S/C17H22N4O3/c18-15(22)12-5-6-14(19-9-12)17(24)21-7-1-2-13(10-21)16(23)20-8-11-3-4-11/h5-6,9,11,13H,1-4,7-8,10H2,(H2,18,22)(H,20,23). The molecule has 0 spiro atoms. The third kappa shape index (κ3) is 3.90. The average molecular weight is 330 g/mol. The maximum absolute atomic E-state index is 12.5. The van der Waals surface area contributed by atoms with E-state index in [1.807, 2.05) is 0 Å². The second-order valence-corrected chi connectivity index (χ2v) is 6.58. The summed E-state index contributed by atoms with van der Waals surface area (Å²) in [6.07, 6.45) is 5.30. The van der Waals surface area contributed by atoms with Crippen LogP contribution in [0.3, 0.4) is 0 Å². The fourth-order valence-corrected chi connectivity index (χ4v) is 2.91. The molecule has 3 N–H and O–H groups in total. The Bertz CT molecular complexity index is 640. The Labute approximate surface area is 140 Å². The number of nitrogens with zero attached hydrogens (tertiary/aromatic N) is 2. The van der Waals surface area contributed by atoms with Gasteiger partial charge in [0.1, 0.15) is 5.69 Å². The van der Waals surface area contributed by atoms with Crippen LogP contribution in [0.1, 0.15) is 46.5 Å². The van der Waals surface area contributed by atoms with E-state index in [1.165, 1.54) is 31.2 Å². The second-order valence-electron chi connectivity index (χ2n) is 6.58. The largest absolute Gasteiger partial charge is 0.366 e. The monoisotopic (exact) mass is 330 g/mol. The number of hydrogen-bond donors (Lipinski definition) is 2. The minimum atomic E-state index is -0.577. The van der Waals surface area contributed by atoms with Gasteiger partial charge in [-0.2, -0.15) is 0 Å². The van der Waals surface area contributed by atoms with Gasteiger partial charge in [0.05, 0.1) is 11.5 Å². The van der Waals surface area contributed by atoms with Crippen molar-refractivity contribution in [3.8, 4) is 0 Å². The lowest BCUT2D eigenvalue weighted by molar-refractivity contribution is -0.126. The zero-order valence-corrected chi connectivity index (χ0v) is 13.5. The number of nitrogens with one attached hydrogen (secondary N) is 1. The first-order valence-electron chi connectivity index (χ1n) is 8.37. The quantitative estimate of drug-likeness (QED) is 0.823. The molecule has 1 aliphatic heterocycles. The summed E-state index contributed by atoms with van der Waals surface area (Å²) in [7, 11) is 0. The number of piperidine rings is 1. The number of pyridine rings is 1. The molecule has 1 aromatic heterocycles. The molecule has 0 bridgehead atoms. The van der Waals surface area contributed by atoms with Gasteiger partial charge in [-0.25, -0.2) is 0 Å². The number of rotatable bonds is 5. The summed E-state index contributed by atoms with van der Waals surface area (Å²) >= 11 is 0. The lowest BCUT2D eigenvalue weighted by Gasteiger charge is -2.31. The molecule has 2 heterocycles. The molecule has 2 fully saturated rings. The summed E-state index contributed by atoms with van der Waals surface area (Å²) in [6.45, 7) is 1.78. The van der Waals surface area contributed by atoms with E-state index in [1.54, 1.807) is 4.90 Å². The second kappa shape index (κ2) is 6.98. The van der Waals surface area contributed by atoms with Gasteiger partial charge in [0.25, 0.3) is 5.91 Å². The summed E-state index contributed by atoms with van der Waals surface area (Å²) in [4.78, 5) is 41.5. The normalized spacial score (nSPS) is 20.5. The van der Waals surface area contributed by atoms with Crippen molar-refractivity contribution in [2.45, 2.75) is 25.7 Å². The van der Waals surface area contributed by atoms with Gasteiger partial charge >= 0.3 is 0 Å². The van der Waals surface area contributed by atoms with Crippen LogP contribution >= 0.6 is 0 Å². The topological polar surface area (TPSA) is 105 Å². The molecule has 1 atom stereocenters. The molecule has 0 radical (unpaired) electrons. The molecular weight excluding hydrogens is 308 g/mol. The van der Waals surface area contributed by atoms with E-state index in [4.69, 9.17) is 5.73 Å². The predicted molar refractivity (Wildman–Crippen MR) is 87.1 cm³/mol. The Kier molecular flexibility index (Phi) is 4.78. The summed E-state index contributed by atoms with van der Waals surface area (Å²) in [5, 5.41) is 2.99. The van der Waals surface area contributed by atoms with Crippen molar-refractivity contribution in [3.05, 3.63) is 29.6 Å². The Balaban J connectivity index is 1.59. The molecule has 3 rings (SSSR count). The van der Waals surface area contributed by atoms with E-state index in [0.29, 0.717) is 19.0 Å². The van der Waals surface area contributed by atoms with Gasteiger partial charge in [0.15, 0.2) is 0 Å². The summed E-state index contributed by atoms with van der Waals surface area (Å²) in [6, 6.07) is 2.99. The van der Waals surface area contributed by atoms with E-state index in [-0.39, 0.29) is 29.0 Å². The molecule has 1 unspecified atom stereocenters. The van der Waals surface area contributed by atoms with E-state index < -0.39 is 5.91 Å². The van der Waals surface area contributed by atoms with Gasteiger partial charge in [-0.15, -0.1) is 0 Å². The average Bonchev–Trinajstić information content (AvgIpc) is 3.43. The van der Waals surface area contributed by atoms with Crippen molar-refractivity contribution < 1.29 is 14.4 Å². The van der Waals surface area contributed by atoms with Gasteiger partial charge < -0.3 is 16.0 Å². The summed E-state index contributed by atoms with van der Waals surface area (Å²) < 4.78 is 0. The first-order valence-corrected chi connectivity index (χ1v) is 8.37. The van der Waals surface area contributed by atoms with Crippen molar-refractivity contribution in [3.63, 3.8) is 0 Å². The van der Waals surface area contributed by atoms with E-state index in [9.17, 15) is 14.4 Å². The molecule has 1 saturated carbocycles. The van der Waals surface area contributed by atoms with Crippen LogP contribution in [-0.2, 0) is 4.79 Å². The Morgan fingerprint density at radius 1 is 1.25 bits per heavy atom. The highest BCUT2D eigenvalue weighted by Gasteiger charge is 2.30. The maximum atomic E-state index is 12.5. The van der Waals surface area contributed by atoms with Gasteiger partial charge in [-0.3, -0.25) is 19.4 Å². The molecule has 24 heavy (non-hydrogen) atoms. The third-order valence-electron chi connectivity index (χ3n) is 4.61. The summed E-state index contributed by atoms with van der Waals surface area (Å²) in [5.41, 5.74) is 5.70. The Morgan fingerprint density at radius 3 is 2.67 bits per heavy atom. The van der Waals surface area contributed by atoms with Gasteiger partial charge in [-0.1, -0.05) is 0 Å². The van der Waals surface area contributed by atoms with E-state index >= 15 is 0 Å². The van der Waals surface area contributed by atoms with Crippen LogP contribution in [-0.4, -0.2) is 47.2 Å². The molecular formula is C17H22N4O3. The minimum absolute atomic E-state index is 0.0384. The third-order valence-corrected chi connectivity index (χ3v) is 4.61. The van der Waals surface area contributed by atoms with Crippen LogP contribution < -0.4 is 11.1 Å². The highest BCUT2D eigenvalue weighted by molar-refractivity contribution is 5.95. The minimum Gasteiger partial charge on any atom is -0.366 e. The Hall–Kier alpha value is -2.44. The van der Waals surface area contributed by atoms with Crippen LogP contribution in [0.15, 0.2) is 18.3 Å². The zero-order chi connectivity index (χ0) is 17.1. The van der Waals surface area contributed by atoms with Crippen LogP contribution in [0.4, 0.5) is 0 Å². The molecule has 1 aromatic rings. The number of carbonyl (C=O) groups excluding carboxylic acids is 3. The van der Waals surface area contributed by atoms with Crippen LogP contribution in [0, 0.1) is 11.8 Å².